The van der Waals surface area contributed by atoms with Gasteiger partial charge < -0.3 is 5.32 Å². The molecule has 0 aliphatic carbocycles. The number of nitrogens with one attached hydrogen (secondary N) is 2. The minimum atomic E-state index is -3.59. The lowest BCUT2D eigenvalue weighted by molar-refractivity contribution is 0.102. The summed E-state index contributed by atoms with van der Waals surface area (Å²) in [7, 11) is -3.59. The monoisotopic (exact) mass is 319 g/mol. The number of sulfonamides is 1. The van der Waals surface area contributed by atoms with Crippen LogP contribution < -0.4 is 10.0 Å². The van der Waals surface area contributed by atoms with Crippen LogP contribution in [-0.4, -0.2) is 25.9 Å². The van der Waals surface area contributed by atoms with Crippen LogP contribution in [0.1, 0.15) is 22.8 Å². The highest BCUT2D eigenvalue weighted by Gasteiger charge is 2.15. The van der Waals surface area contributed by atoms with Crippen LogP contribution in [0.3, 0.4) is 0 Å². The maximum atomic E-state index is 12.2. The van der Waals surface area contributed by atoms with Crippen molar-refractivity contribution in [1.82, 2.24) is 9.71 Å². The van der Waals surface area contributed by atoms with E-state index in [9.17, 15) is 13.2 Å². The summed E-state index contributed by atoms with van der Waals surface area (Å²) >= 11 is 0. The van der Waals surface area contributed by atoms with Crippen LogP contribution in [0.4, 0.5) is 5.82 Å². The molecule has 0 unspecified atom stereocenters. The average Bonchev–Trinajstić information content (AvgIpc) is 2.50. The van der Waals surface area contributed by atoms with Crippen molar-refractivity contribution in [1.29, 1.82) is 0 Å². The number of carbonyl (C=O) groups is 1. The summed E-state index contributed by atoms with van der Waals surface area (Å²) in [5.74, 6) is 0.000412. The maximum Gasteiger partial charge on any atom is 0.256 e. The molecule has 0 saturated carbocycles. The van der Waals surface area contributed by atoms with E-state index in [-0.39, 0.29) is 17.0 Å². The van der Waals surface area contributed by atoms with Gasteiger partial charge in [0.05, 0.1) is 4.90 Å². The molecule has 7 heteroatoms. The van der Waals surface area contributed by atoms with Crippen molar-refractivity contribution >= 4 is 21.7 Å². The zero-order chi connectivity index (χ0) is 16.2. The molecule has 1 amide bonds. The smallest absolute Gasteiger partial charge is 0.256 e. The van der Waals surface area contributed by atoms with Gasteiger partial charge in [-0.3, -0.25) is 4.79 Å². The van der Waals surface area contributed by atoms with Crippen LogP contribution in [0.15, 0.2) is 47.5 Å². The first kappa shape index (κ1) is 16.1. The van der Waals surface area contributed by atoms with Crippen LogP contribution in [0.25, 0.3) is 0 Å². The van der Waals surface area contributed by atoms with Crippen LogP contribution in [-0.2, 0) is 10.0 Å². The van der Waals surface area contributed by atoms with E-state index < -0.39 is 15.9 Å². The summed E-state index contributed by atoms with van der Waals surface area (Å²) in [6.45, 7) is 3.87. The lowest BCUT2D eigenvalue weighted by Gasteiger charge is -2.08. The lowest BCUT2D eigenvalue weighted by Crippen LogP contribution is -2.23. The second-order valence-corrected chi connectivity index (χ2v) is 6.47. The fourth-order valence-corrected chi connectivity index (χ4v) is 2.89. The summed E-state index contributed by atoms with van der Waals surface area (Å²) in [6, 6.07) is 9.37. The zero-order valence-corrected chi connectivity index (χ0v) is 13.1. The van der Waals surface area contributed by atoms with E-state index in [2.05, 4.69) is 15.0 Å². The Morgan fingerprint density at radius 3 is 2.64 bits per heavy atom. The molecule has 2 N–H and O–H groups in total. The first-order valence-electron chi connectivity index (χ1n) is 6.76. The summed E-state index contributed by atoms with van der Waals surface area (Å²) in [5, 5.41) is 2.63. The van der Waals surface area contributed by atoms with Gasteiger partial charge in [-0.05, 0) is 36.8 Å². The quantitative estimate of drug-likeness (QED) is 0.881. The molecule has 116 valence electrons. The maximum absolute atomic E-state index is 12.2. The largest absolute Gasteiger partial charge is 0.307 e. The van der Waals surface area contributed by atoms with Gasteiger partial charge in [0.15, 0.2) is 0 Å². The molecule has 6 nitrogen and oxygen atoms in total. The number of amides is 1. The van der Waals surface area contributed by atoms with Gasteiger partial charge in [-0.2, -0.15) is 0 Å². The molecule has 0 aliphatic heterocycles. The summed E-state index contributed by atoms with van der Waals surface area (Å²) in [5.41, 5.74) is 1.23. The van der Waals surface area contributed by atoms with E-state index in [1.165, 1.54) is 18.2 Å². The van der Waals surface area contributed by atoms with Crippen LogP contribution in [0.2, 0.25) is 0 Å². The molecule has 0 aliphatic rings. The Hall–Kier alpha value is -2.25. The van der Waals surface area contributed by atoms with Crippen molar-refractivity contribution in [3.8, 4) is 0 Å². The van der Waals surface area contributed by atoms with Crippen molar-refractivity contribution in [2.24, 2.45) is 0 Å². The van der Waals surface area contributed by atoms with Gasteiger partial charge in [0.25, 0.3) is 5.91 Å². The van der Waals surface area contributed by atoms with Crippen molar-refractivity contribution in [3.63, 3.8) is 0 Å². The topological polar surface area (TPSA) is 88.2 Å². The first-order chi connectivity index (χ1) is 10.4. The predicted octanol–water partition coefficient (Wildman–Crippen LogP) is 1.94. The van der Waals surface area contributed by atoms with Crippen molar-refractivity contribution in [2.75, 3.05) is 11.9 Å². The van der Waals surface area contributed by atoms with E-state index in [1.807, 2.05) is 13.0 Å². The number of rotatable bonds is 5. The average molecular weight is 319 g/mol. The molecular formula is C15H17N3O3S. The molecule has 0 saturated heterocycles. The molecule has 2 aromatic rings. The third-order valence-corrected chi connectivity index (χ3v) is 4.44. The van der Waals surface area contributed by atoms with Crippen LogP contribution in [0.5, 0.6) is 0 Å². The Labute approximate surface area is 129 Å². The van der Waals surface area contributed by atoms with Gasteiger partial charge in [-0.15, -0.1) is 0 Å². The minimum absolute atomic E-state index is 0.0545. The fourth-order valence-electron chi connectivity index (χ4n) is 1.81. The number of nitrogens with zero attached hydrogens (tertiary/aromatic N) is 1. The van der Waals surface area contributed by atoms with Gasteiger partial charge in [-0.25, -0.2) is 18.1 Å². The number of aromatic nitrogens is 1. The van der Waals surface area contributed by atoms with Crippen LogP contribution in [0, 0.1) is 6.92 Å². The second-order valence-electron chi connectivity index (χ2n) is 4.70. The van der Waals surface area contributed by atoms with E-state index >= 15 is 0 Å². The Balaban J connectivity index is 2.22. The molecule has 1 aromatic carbocycles. The number of carbonyl (C=O) groups excluding carboxylic acids is 1. The van der Waals surface area contributed by atoms with Gasteiger partial charge in [0.2, 0.25) is 10.0 Å². The molecule has 1 heterocycles. The third kappa shape index (κ3) is 3.90. The molecular weight excluding hydrogens is 302 g/mol. The third-order valence-electron chi connectivity index (χ3n) is 2.89. The SMILES string of the molecule is CCNS(=O)(=O)c1cccc(C(=O)Nc2ccc(C)cn2)c1. The van der Waals surface area contributed by atoms with E-state index in [0.717, 1.165) is 5.56 Å². The second kappa shape index (κ2) is 6.67. The molecule has 0 bridgehead atoms. The van der Waals surface area contributed by atoms with Crippen molar-refractivity contribution in [2.45, 2.75) is 18.7 Å². The van der Waals surface area contributed by atoms with E-state index in [0.29, 0.717) is 5.82 Å². The lowest BCUT2D eigenvalue weighted by atomic mass is 10.2. The van der Waals surface area contributed by atoms with Crippen LogP contribution >= 0.6 is 0 Å². The van der Waals surface area contributed by atoms with Crippen molar-refractivity contribution in [3.05, 3.63) is 53.7 Å². The Bertz CT molecular complexity index is 771. The summed E-state index contributed by atoms with van der Waals surface area (Å²) in [6.07, 6.45) is 1.64. The molecule has 2 rings (SSSR count). The number of anilines is 1. The number of hydrogen-bond donors (Lipinski definition) is 2. The van der Waals surface area contributed by atoms with E-state index in [1.54, 1.807) is 25.3 Å². The van der Waals surface area contributed by atoms with Gasteiger partial charge >= 0.3 is 0 Å². The molecule has 0 atom stereocenters. The summed E-state index contributed by atoms with van der Waals surface area (Å²) in [4.78, 5) is 16.3. The highest BCUT2D eigenvalue weighted by molar-refractivity contribution is 7.89. The Kier molecular flexibility index (Phi) is 4.89. The molecule has 1 aromatic heterocycles. The normalized spacial score (nSPS) is 11.2. The van der Waals surface area contributed by atoms with Gasteiger partial charge in [-0.1, -0.05) is 19.1 Å². The zero-order valence-electron chi connectivity index (χ0n) is 12.3. The molecule has 0 fully saturated rings. The van der Waals surface area contributed by atoms with E-state index in [4.69, 9.17) is 0 Å². The highest BCUT2D eigenvalue weighted by atomic mass is 32.2. The summed E-state index contributed by atoms with van der Waals surface area (Å²) < 4.78 is 26.3. The Morgan fingerprint density at radius 2 is 2.00 bits per heavy atom. The van der Waals surface area contributed by atoms with Crippen molar-refractivity contribution < 1.29 is 13.2 Å². The standard InChI is InChI=1S/C15H17N3O3S/c1-3-17-22(20,21)13-6-4-5-12(9-13)15(19)18-14-8-7-11(2)10-16-14/h4-10,17H,3H2,1-2H3,(H,16,18,19). The number of aryl methyl sites for hydroxylation is 1. The predicted molar refractivity (Wildman–Crippen MR) is 84.2 cm³/mol. The number of pyridine rings is 1. The fraction of sp³-hybridized carbons (Fsp3) is 0.200. The minimum Gasteiger partial charge on any atom is -0.307 e. The van der Waals surface area contributed by atoms with Gasteiger partial charge in [0, 0.05) is 18.3 Å². The van der Waals surface area contributed by atoms with Gasteiger partial charge in [0.1, 0.15) is 5.82 Å². The number of benzene rings is 1. The highest BCUT2D eigenvalue weighted by Crippen LogP contribution is 2.13. The molecule has 0 spiro atoms. The Morgan fingerprint density at radius 1 is 1.23 bits per heavy atom. The number of hydrogen-bond acceptors (Lipinski definition) is 4. The molecule has 0 radical (unpaired) electrons. The molecule has 22 heavy (non-hydrogen) atoms. The first-order valence-corrected chi connectivity index (χ1v) is 8.24.